The fourth-order valence-corrected chi connectivity index (χ4v) is 4.59. The van der Waals surface area contributed by atoms with Crippen LogP contribution in [0.15, 0.2) is 18.2 Å². The van der Waals surface area contributed by atoms with Crippen LogP contribution >= 0.6 is 0 Å². The number of carbonyl (C=O) groups is 2. The lowest BCUT2D eigenvalue weighted by atomic mass is 10.1. The van der Waals surface area contributed by atoms with E-state index in [0.717, 1.165) is 12.0 Å². The Morgan fingerprint density at radius 1 is 1.33 bits per heavy atom. The average molecular weight is 355 g/mol. The fourth-order valence-electron chi connectivity index (χ4n) is 2.77. The molecule has 0 aromatic heterocycles. The second-order valence-electron chi connectivity index (χ2n) is 5.72. The minimum absolute atomic E-state index is 0.0650. The first-order chi connectivity index (χ1) is 11.3. The molecule has 1 saturated heterocycles. The molecule has 1 atom stereocenters. The molecule has 2 N–H and O–H groups in total. The van der Waals surface area contributed by atoms with Gasteiger partial charge < -0.3 is 15.2 Å². The number of aromatic carboxylic acids is 1. The summed E-state index contributed by atoms with van der Waals surface area (Å²) >= 11 is 0. The van der Waals surface area contributed by atoms with E-state index in [1.165, 1.54) is 19.2 Å². The zero-order valence-electron chi connectivity index (χ0n) is 13.4. The molecule has 7 nitrogen and oxygen atoms in total. The van der Waals surface area contributed by atoms with E-state index in [9.17, 15) is 18.0 Å². The van der Waals surface area contributed by atoms with Gasteiger partial charge >= 0.3 is 5.97 Å². The van der Waals surface area contributed by atoms with Crippen LogP contribution in [0.1, 0.15) is 35.2 Å². The number of sulfone groups is 1. The quantitative estimate of drug-likeness (QED) is 0.788. The minimum atomic E-state index is -3.35. The minimum Gasteiger partial charge on any atom is -0.496 e. The molecule has 0 spiro atoms. The molecule has 0 saturated carbocycles. The number of methoxy groups -OCH3 is 1. The number of carbonyl (C=O) groups excluding carboxylic acids is 1. The van der Waals surface area contributed by atoms with Crippen LogP contribution in [0.4, 0.5) is 0 Å². The predicted molar refractivity (Wildman–Crippen MR) is 88.1 cm³/mol. The molecule has 0 radical (unpaired) electrons. The molecule has 1 aliphatic heterocycles. The maximum absolute atomic E-state index is 12.1. The van der Waals surface area contributed by atoms with Gasteiger partial charge in [0.25, 0.3) is 0 Å². The molecule has 0 bridgehead atoms. The maximum Gasteiger partial charge on any atom is 0.335 e. The molecule has 132 valence electrons. The first-order valence-corrected chi connectivity index (χ1v) is 9.46. The third-order valence-electron chi connectivity index (χ3n) is 4.10. The van der Waals surface area contributed by atoms with Crippen molar-refractivity contribution in [2.75, 3.05) is 19.4 Å². The standard InChI is InChI=1S/C16H21NO6S/c1-23-13-10-12(16(19)20)6-5-11(13)7-8-17-15(18)14-4-2-3-9-24(14,21)22/h5-6,10,14H,2-4,7-9H2,1H3,(H,17,18)(H,19,20). The number of ether oxygens (including phenoxy) is 1. The summed E-state index contributed by atoms with van der Waals surface area (Å²) < 4.78 is 29.0. The molecule has 0 aliphatic carbocycles. The van der Waals surface area contributed by atoms with Crippen molar-refractivity contribution in [3.63, 3.8) is 0 Å². The van der Waals surface area contributed by atoms with Crippen LogP contribution in [0, 0.1) is 0 Å². The van der Waals surface area contributed by atoms with E-state index >= 15 is 0 Å². The highest BCUT2D eigenvalue weighted by Crippen LogP contribution is 2.21. The second-order valence-corrected chi connectivity index (χ2v) is 8.03. The van der Waals surface area contributed by atoms with Crippen molar-refractivity contribution in [3.05, 3.63) is 29.3 Å². The lowest BCUT2D eigenvalue weighted by Crippen LogP contribution is -2.43. The Labute approximate surface area is 140 Å². The zero-order valence-corrected chi connectivity index (χ0v) is 14.3. The molecule has 1 aromatic rings. The summed E-state index contributed by atoms with van der Waals surface area (Å²) in [7, 11) is -1.91. The maximum atomic E-state index is 12.1. The molecule has 8 heteroatoms. The van der Waals surface area contributed by atoms with E-state index in [4.69, 9.17) is 9.84 Å². The average Bonchev–Trinajstić information content (AvgIpc) is 2.54. The monoisotopic (exact) mass is 355 g/mol. The van der Waals surface area contributed by atoms with Crippen molar-refractivity contribution >= 4 is 21.7 Å². The molecular formula is C16H21NO6S. The van der Waals surface area contributed by atoms with Crippen LogP contribution in [-0.4, -0.2) is 50.1 Å². The summed E-state index contributed by atoms with van der Waals surface area (Å²) in [6.07, 6.45) is 2.13. The number of carboxylic acid groups (broad SMARTS) is 1. The Hall–Kier alpha value is -2.09. The highest BCUT2D eigenvalue weighted by Gasteiger charge is 2.34. The Morgan fingerprint density at radius 3 is 2.71 bits per heavy atom. The van der Waals surface area contributed by atoms with Crippen molar-refractivity contribution < 1.29 is 27.9 Å². The Morgan fingerprint density at radius 2 is 2.08 bits per heavy atom. The molecule has 2 rings (SSSR count). The molecule has 1 aromatic carbocycles. The number of carboxylic acids is 1. The Balaban J connectivity index is 1.96. The second kappa shape index (κ2) is 7.65. The fraction of sp³-hybridized carbons (Fsp3) is 0.500. The lowest BCUT2D eigenvalue weighted by Gasteiger charge is -2.21. The van der Waals surface area contributed by atoms with Gasteiger partial charge in [-0.2, -0.15) is 0 Å². The van der Waals surface area contributed by atoms with E-state index < -0.39 is 27.0 Å². The topological polar surface area (TPSA) is 110 Å². The largest absolute Gasteiger partial charge is 0.496 e. The van der Waals surface area contributed by atoms with Gasteiger partial charge in [-0.05, 0) is 37.0 Å². The molecule has 1 amide bonds. The van der Waals surface area contributed by atoms with Crippen LogP contribution in [-0.2, 0) is 21.1 Å². The lowest BCUT2D eigenvalue weighted by molar-refractivity contribution is -0.120. The first-order valence-electron chi connectivity index (χ1n) is 7.74. The van der Waals surface area contributed by atoms with Gasteiger partial charge in [0.1, 0.15) is 11.0 Å². The van der Waals surface area contributed by atoms with Gasteiger partial charge in [-0.25, -0.2) is 13.2 Å². The number of rotatable bonds is 6. The van der Waals surface area contributed by atoms with Gasteiger partial charge in [-0.1, -0.05) is 12.5 Å². The van der Waals surface area contributed by atoms with Crippen molar-refractivity contribution in [2.45, 2.75) is 30.9 Å². The number of benzene rings is 1. The van der Waals surface area contributed by atoms with Crippen LogP contribution in [0.5, 0.6) is 5.75 Å². The van der Waals surface area contributed by atoms with Gasteiger partial charge in [0, 0.05) is 6.54 Å². The first kappa shape index (κ1) is 18.3. The van der Waals surface area contributed by atoms with Gasteiger partial charge in [-0.3, -0.25) is 4.79 Å². The van der Waals surface area contributed by atoms with E-state index in [1.54, 1.807) is 6.07 Å². The van der Waals surface area contributed by atoms with Crippen LogP contribution in [0.25, 0.3) is 0 Å². The molecule has 1 heterocycles. The van der Waals surface area contributed by atoms with E-state index in [1.807, 2.05) is 0 Å². The predicted octanol–water partition coefficient (Wildman–Crippen LogP) is 1.02. The summed E-state index contributed by atoms with van der Waals surface area (Å²) in [5.74, 6) is -1.02. The number of amides is 1. The van der Waals surface area contributed by atoms with Crippen molar-refractivity contribution in [1.82, 2.24) is 5.32 Å². The van der Waals surface area contributed by atoms with Crippen molar-refractivity contribution in [2.24, 2.45) is 0 Å². The van der Waals surface area contributed by atoms with Gasteiger partial charge in [0.15, 0.2) is 9.84 Å². The SMILES string of the molecule is COc1cc(C(=O)O)ccc1CCNC(=O)C1CCCCS1(=O)=O. The van der Waals surface area contributed by atoms with E-state index in [2.05, 4.69) is 5.32 Å². The molecule has 24 heavy (non-hydrogen) atoms. The summed E-state index contributed by atoms with van der Waals surface area (Å²) in [5.41, 5.74) is 0.863. The zero-order chi connectivity index (χ0) is 17.7. The highest BCUT2D eigenvalue weighted by atomic mass is 32.2. The Kier molecular flexibility index (Phi) is 5.82. The van der Waals surface area contributed by atoms with Crippen LogP contribution < -0.4 is 10.1 Å². The summed E-state index contributed by atoms with van der Waals surface area (Å²) in [5, 5.41) is 10.7. The van der Waals surface area contributed by atoms with Gasteiger partial charge in [-0.15, -0.1) is 0 Å². The smallest absolute Gasteiger partial charge is 0.335 e. The molecule has 1 unspecified atom stereocenters. The van der Waals surface area contributed by atoms with Crippen molar-refractivity contribution in [3.8, 4) is 5.75 Å². The normalized spacial score (nSPS) is 19.5. The summed E-state index contributed by atoms with van der Waals surface area (Å²) in [6.45, 7) is 0.258. The third-order valence-corrected chi connectivity index (χ3v) is 6.27. The van der Waals surface area contributed by atoms with Crippen LogP contribution in [0.2, 0.25) is 0 Å². The van der Waals surface area contributed by atoms with Crippen molar-refractivity contribution in [1.29, 1.82) is 0 Å². The third kappa shape index (κ3) is 4.25. The van der Waals surface area contributed by atoms with Gasteiger partial charge in [0.05, 0.1) is 18.4 Å². The summed E-state index contributed by atoms with van der Waals surface area (Å²) in [4.78, 5) is 23.1. The molecule has 1 fully saturated rings. The number of hydrogen-bond donors (Lipinski definition) is 2. The van der Waals surface area contributed by atoms with E-state index in [0.29, 0.717) is 25.0 Å². The molecule has 1 aliphatic rings. The van der Waals surface area contributed by atoms with Gasteiger partial charge in [0.2, 0.25) is 5.91 Å². The van der Waals surface area contributed by atoms with Crippen LogP contribution in [0.3, 0.4) is 0 Å². The highest BCUT2D eigenvalue weighted by molar-refractivity contribution is 7.92. The number of hydrogen-bond acceptors (Lipinski definition) is 5. The Bertz CT molecular complexity index is 728. The molecular weight excluding hydrogens is 334 g/mol. The summed E-state index contributed by atoms with van der Waals surface area (Å²) in [6, 6.07) is 4.52. The van der Waals surface area contributed by atoms with E-state index in [-0.39, 0.29) is 17.9 Å². The number of nitrogens with one attached hydrogen (secondary N) is 1.